The summed E-state index contributed by atoms with van der Waals surface area (Å²) in [5.41, 5.74) is 6.14. The lowest BCUT2D eigenvalue weighted by atomic mass is 10.1. The molecule has 0 aliphatic heterocycles. The van der Waals surface area contributed by atoms with Gasteiger partial charge in [-0.3, -0.25) is 9.59 Å². The van der Waals surface area contributed by atoms with E-state index in [2.05, 4.69) is 5.32 Å². The molecule has 1 atom stereocenters. The molecule has 0 aliphatic carbocycles. The topological polar surface area (TPSA) is 77.1 Å². The Kier molecular flexibility index (Phi) is 4.90. The standard InChI is InChI=1S/C12H19N3O2/c1-9(13)4-3-5-11(16)14-10-6-7-12(17)15(2)8-10/h6-9H,3-5,13H2,1-2H3,(H,14,16). The Bertz CT molecular complexity index is 438. The number of carbonyl (C=O) groups excluding carboxylic acids is 1. The number of amides is 1. The molecule has 1 amide bonds. The number of aromatic nitrogens is 1. The highest BCUT2D eigenvalue weighted by atomic mass is 16.1. The molecular weight excluding hydrogens is 218 g/mol. The molecular formula is C12H19N3O2. The lowest BCUT2D eigenvalue weighted by Gasteiger charge is -2.07. The molecule has 0 fully saturated rings. The highest BCUT2D eigenvalue weighted by Gasteiger charge is 2.04. The van der Waals surface area contributed by atoms with Gasteiger partial charge in [-0.25, -0.2) is 0 Å². The largest absolute Gasteiger partial charge is 0.328 e. The Labute approximate surface area is 101 Å². The minimum absolute atomic E-state index is 0.0516. The fourth-order valence-corrected chi connectivity index (χ4v) is 1.48. The number of anilines is 1. The van der Waals surface area contributed by atoms with E-state index in [0.717, 1.165) is 12.8 Å². The average Bonchev–Trinajstić information content (AvgIpc) is 2.23. The van der Waals surface area contributed by atoms with Gasteiger partial charge in [0.25, 0.3) is 0 Å². The van der Waals surface area contributed by atoms with Crippen molar-refractivity contribution < 1.29 is 4.79 Å². The van der Waals surface area contributed by atoms with E-state index in [4.69, 9.17) is 5.73 Å². The molecule has 1 heterocycles. The summed E-state index contributed by atoms with van der Waals surface area (Å²) in [6.45, 7) is 1.92. The first-order valence-electron chi connectivity index (χ1n) is 5.71. The molecule has 3 N–H and O–H groups in total. The molecule has 1 aromatic heterocycles. The van der Waals surface area contributed by atoms with Crippen LogP contribution in [0.1, 0.15) is 26.2 Å². The molecule has 17 heavy (non-hydrogen) atoms. The van der Waals surface area contributed by atoms with E-state index >= 15 is 0 Å². The first-order chi connectivity index (χ1) is 7.99. The number of hydrogen-bond donors (Lipinski definition) is 2. The van der Waals surface area contributed by atoms with Crippen LogP contribution in [-0.4, -0.2) is 16.5 Å². The zero-order valence-electron chi connectivity index (χ0n) is 10.3. The maximum atomic E-state index is 11.6. The Morgan fingerprint density at radius 3 is 2.82 bits per heavy atom. The molecule has 0 aromatic carbocycles. The Hall–Kier alpha value is -1.62. The van der Waals surface area contributed by atoms with E-state index < -0.39 is 0 Å². The summed E-state index contributed by atoms with van der Waals surface area (Å²) < 4.78 is 1.43. The summed E-state index contributed by atoms with van der Waals surface area (Å²) in [5.74, 6) is -0.0516. The van der Waals surface area contributed by atoms with Crippen LogP contribution in [0.2, 0.25) is 0 Å². The third kappa shape index (κ3) is 4.82. The van der Waals surface area contributed by atoms with Crippen molar-refractivity contribution in [2.75, 3.05) is 5.32 Å². The van der Waals surface area contributed by atoms with Gasteiger partial charge in [0.05, 0.1) is 5.69 Å². The predicted octanol–water partition coefficient (Wildman–Crippen LogP) is 0.841. The van der Waals surface area contributed by atoms with Gasteiger partial charge in [-0.15, -0.1) is 0 Å². The van der Waals surface area contributed by atoms with Crippen LogP contribution in [-0.2, 0) is 11.8 Å². The summed E-state index contributed by atoms with van der Waals surface area (Å²) in [4.78, 5) is 22.7. The molecule has 0 radical (unpaired) electrons. The van der Waals surface area contributed by atoms with Gasteiger partial charge in [0.15, 0.2) is 0 Å². The quantitative estimate of drug-likeness (QED) is 0.796. The van der Waals surface area contributed by atoms with Crippen molar-refractivity contribution in [1.82, 2.24) is 4.57 Å². The van der Waals surface area contributed by atoms with Crippen LogP contribution in [0.15, 0.2) is 23.1 Å². The first-order valence-corrected chi connectivity index (χ1v) is 5.71. The first kappa shape index (κ1) is 13.4. The van der Waals surface area contributed by atoms with Gasteiger partial charge in [-0.05, 0) is 25.8 Å². The zero-order valence-corrected chi connectivity index (χ0v) is 10.3. The van der Waals surface area contributed by atoms with Crippen LogP contribution in [0, 0.1) is 0 Å². The molecule has 5 nitrogen and oxygen atoms in total. The van der Waals surface area contributed by atoms with E-state index in [1.807, 2.05) is 6.92 Å². The Balaban J connectivity index is 2.45. The lowest BCUT2D eigenvalue weighted by molar-refractivity contribution is -0.116. The summed E-state index contributed by atoms with van der Waals surface area (Å²) >= 11 is 0. The third-order valence-electron chi connectivity index (χ3n) is 2.43. The SMILES string of the molecule is CC(N)CCCC(=O)Nc1ccc(=O)n(C)c1. The van der Waals surface area contributed by atoms with Crippen LogP contribution >= 0.6 is 0 Å². The van der Waals surface area contributed by atoms with Crippen LogP contribution in [0.3, 0.4) is 0 Å². The van der Waals surface area contributed by atoms with Crippen molar-refractivity contribution >= 4 is 11.6 Å². The van der Waals surface area contributed by atoms with Crippen molar-refractivity contribution in [3.8, 4) is 0 Å². The number of rotatable bonds is 5. The summed E-state index contributed by atoms with van der Waals surface area (Å²) in [6.07, 6.45) is 3.66. The molecule has 0 aliphatic rings. The van der Waals surface area contributed by atoms with E-state index in [1.54, 1.807) is 19.3 Å². The number of nitrogens with zero attached hydrogens (tertiary/aromatic N) is 1. The molecule has 0 spiro atoms. The van der Waals surface area contributed by atoms with Crippen molar-refractivity contribution in [3.63, 3.8) is 0 Å². The minimum Gasteiger partial charge on any atom is -0.328 e. The average molecular weight is 237 g/mol. The van der Waals surface area contributed by atoms with Crippen LogP contribution in [0.5, 0.6) is 0 Å². The highest BCUT2D eigenvalue weighted by Crippen LogP contribution is 2.05. The normalized spacial score (nSPS) is 12.2. The number of pyridine rings is 1. The monoisotopic (exact) mass is 237 g/mol. The van der Waals surface area contributed by atoms with Gasteiger partial charge in [0, 0.05) is 31.8 Å². The van der Waals surface area contributed by atoms with Gasteiger partial charge < -0.3 is 15.6 Å². The number of nitrogens with two attached hydrogens (primary N) is 1. The van der Waals surface area contributed by atoms with Crippen molar-refractivity contribution in [2.24, 2.45) is 12.8 Å². The molecule has 1 unspecified atom stereocenters. The molecule has 0 bridgehead atoms. The number of nitrogens with one attached hydrogen (secondary N) is 1. The fourth-order valence-electron chi connectivity index (χ4n) is 1.48. The molecule has 0 saturated carbocycles. The van der Waals surface area contributed by atoms with Crippen molar-refractivity contribution in [2.45, 2.75) is 32.2 Å². The number of carbonyl (C=O) groups is 1. The Morgan fingerprint density at radius 1 is 1.53 bits per heavy atom. The van der Waals surface area contributed by atoms with E-state index in [0.29, 0.717) is 12.1 Å². The second-order valence-electron chi connectivity index (χ2n) is 4.28. The summed E-state index contributed by atoms with van der Waals surface area (Å²) in [7, 11) is 1.65. The maximum absolute atomic E-state index is 11.6. The predicted molar refractivity (Wildman–Crippen MR) is 67.8 cm³/mol. The number of hydrogen-bond acceptors (Lipinski definition) is 3. The van der Waals surface area contributed by atoms with Crippen LogP contribution < -0.4 is 16.6 Å². The van der Waals surface area contributed by atoms with Crippen LogP contribution in [0.25, 0.3) is 0 Å². The fraction of sp³-hybridized carbons (Fsp3) is 0.500. The highest BCUT2D eigenvalue weighted by molar-refractivity contribution is 5.90. The van der Waals surface area contributed by atoms with E-state index in [-0.39, 0.29) is 17.5 Å². The van der Waals surface area contributed by atoms with Crippen molar-refractivity contribution in [3.05, 3.63) is 28.7 Å². The maximum Gasteiger partial charge on any atom is 0.250 e. The van der Waals surface area contributed by atoms with Gasteiger partial charge in [-0.1, -0.05) is 0 Å². The molecule has 5 heteroatoms. The number of aryl methyl sites for hydroxylation is 1. The lowest BCUT2D eigenvalue weighted by Crippen LogP contribution is -2.19. The molecule has 0 saturated heterocycles. The van der Waals surface area contributed by atoms with Gasteiger partial charge >= 0.3 is 0 Å². The Morgan fingerprint density at radius 2 is 2.24 bits per heavy atom. The van der Waals surface area contributed by atoms with Gasteiger partial charge in [-0.2, -0.15) is 0 Å². The third-order valence-corrected chi connectivity index (χ3v) is 2.43. The van der Waals surface area contributed by atoms with Crippen molar-refractivity contribution in [1.29, 1.82) is 0 Å². The smallest absolute Gasteiger partial charge is 0.250 e. The zero-order chi connectivity index (χ0) is 12.8. The van der Waals surface area contributed by atoms with Crippen LogP contribution in [0.4, 0.5) is 5.69 Å². The second kappa shape index (κ2) is 6.20. The second-order valence-corrected chi connectivity index (χ2v) is 4.28. The molecule has 1 aromatic rings. The van der Waals surface area contributed by atoms with Gasteiger partial charge in [0.2, 0.25) is 11.5 Å². The van der Waals surface area contributed by atoms with E-state index in [1.165, 1.54) is 10.6 Å². The molecule has 94 valence electrons. The minimum atomic E-state index is -0.0973. The summed E-state index contributed by atoms with van der Waals surface area (Å²) in [6, 6.07) is 3.16. The molecule has 1 rings (SSSR count). The summed E-state index contributed by atoms with van der Waals surface area (Å²) in [5, 5.41) is 2.74. The van der Waals surface area contributed by atoms with E-state index in [9.17, 15) is 9.59 Å². The van der Waals surface area contributed by atoms with Gasteiger partial charge in [0.1, 0.15) is 0 Å².